The number of hydrogen-bond acceptors (Lipinski definition) is 2. The maximum absolute atomic E-state index is 13.0. The summed E-state index contributed by atoms with van der Waals surface area (Å²) >= 11 is 0. The predicted octanol–water partition coefficient (Wildman–Crippen LogP) is 3.85. The van der Waals surface area contributed by atoms with Crippen molar-refractivity contribution in [3.05, 3.63) is 30.3 Å². The second kappa shape index (κ2) is 7.96. The van der Waals surface area contributed by atoms with Crippen molar-refractivity contribution in [1.82, 2.24) is 5.32 Å². The van der Waals surface area contributed by atoms with E-state index in [2.05, 4.69) is 29.3 Å². The molecular formula is C20H30N2O. The lowest BCUT2D eigenvalue weighted by Crippen LogP contribution is -2.39. The Morgan fingerprint density at radius 1 is 1.17 bits per heavy atom. The zero-order valence-corrected chi connectivity index (χ0v) is 14.3. The van der Waals surface area contributed by atoms with Gasteiger partial charge >= 0.3 is 0 Å². The molecule has 2 fully saturated rings. The lowest BCUT2D eigenvalue weighted by atomic mass is 9.83. The first-order valence-electron chi connectivity index (χ1n) is 9.30. The van der Waals surface area contributed by atoms with Crippen LogP contribution in [0.25, 0.3) is 0 Å². The van der Waals surface area contributed by atoms with E-state index in [1.807, 2.05) is 18.2 Å². The molecule has 1 saturated heterocycles. The van der Waals surface area contributed by atoms with Crippen molar-refractivity contribution in [3.8, 4) is 0 Å². The highest BCUT2D eigenvalue weighted by atomic mass is 16.2. The minimum atomic E-state index is 0.314. The molecule has 3 nitrogen and oxygen atoms in total. The van der Waals surface area contributed by atoms with Gasteiger partial charge in [0.25, 0.3) is 0 Å². The first-order valence-corrected chi connectivity index (χ1v) is 9.30. The smallest absolute Gasteiger partial charge is 0.227 e. The molecule has 1 unspecified atom stereocenters. The molecule has 2 aliphatic rings. The van der Waals surface area contributed by atoms with Crippen molar-refractivity contribution >= 4 is 11.6 Å². The molecule has 1 N–H and O–H groups in total. The SMILES string of the molecule is CC(CC(=O)N(CC1CCC1)c1ccccc1)C1CCNCC1. The van der Waals surface area contributed by atoms with Crippen LogP contribution in [0, 0.1) is 17.8 Å². The first-order chi connectivity index (χ1) is 11.2. The number of rotatable bonds is 6. The van der Waals surface area contributed by atoms with Gasteiger partial charge in [-0.1, -0.05) is 31.5 Å². The first kappa shape index (κ1) is 16.5. The van der Waals surface area contributed by atoms with Gasteiger partial charge in [0, 0.05) is 18.7 Å². The van der Waals surface area contributed by atoms with Crippen LogP contribution in [-0.2, 0) is 4.79 Å². The number of hydrogen-bond donors (Lipinski definition) is 1. The lowest BCUT2D eigenvalue weighted by Gasteiger charge is -2.34. The van der Waals surface area contributed by atoms with Gasteiger partial charge in [-0.05, 0) is 68.7 Å². The third kappa shape index (κ3) is 4.35. The summed E-state index contributed by atoms with van der Waals surface area (Å²) in [6.45, 7) is 5.38. The zero-order chi connectivity index (χ0) is 16.1. The Labute approximate surface area is 140 Å². The van der Waals surface area contributed by atoms with Crippen LogP contribution in [-0.4, -0.2) is 25.5 Å². The Balaban J connectivity index is 1.64. The number of para-hydroxylation sites is 1. The van der Waals surface area contributed by atoms with Crippen LogP contribution in [0.4, 0.5) is 5.69 Å². The average molecular weight is 314 g/mol. The van der Waals surface area contributed by atoms with Crippen LogP contribution in [0.5, 0.6) is 0 Å². The highest BCUT2D eigenvalue weighted by molar-refractivity contribution is 5.93. The molecule has 1 saturated carbocycles. The molecule has 0 spiro atoms. The van der Waals surface area contributed by atoms with Gasteiger partial charge in [-0.3, -0.25) is 4.79 Å². The third-order valence-corrected chi connectivity index (χ3v) is 5.72. The van der Waals surface area contributed by atoms with Crippen molar-refractivity contribution < 1.29 is 4.79 Å². The normalized spacial score (nSPS) is 20.7. The van der Waals surface area contributed by atoms with Crippen molar-refractivity contribution in [3.63, 3.8) is 0 Å². The van der Waals surface area contributed by atoms with Gasteiger partial charge in [0.15, 0.2) is 0 Å². The molecule has 1 atom stereocenters. The van der Waals surface area contributed by atoms with Gasteiger partial charge in [-0.15, -0.1) is 0 Å². The Morgan fingerprint density at radius 2 is 1.87 bits per heavy atom. The third-order valence-electron chi connectivity index (χ3n) is 5.72. The molecule has 1 aliphatic carbocycles. The number of piperidine rings is 1. The summed E-state index contributed by atoms with van der Waals surface area (Å²) < 4.78 is 0. The molecule has 0 bridgehead atoms. The van der Waals surface area contributed by atoms with Crippen LogP contribution in [0.2, 0.25) is 0 Å². The van der Waals surface area contributed by atoms with Gasteiger partial charge in [0.1, 0.15) is 0 Å². The van der Waals surface area contributed by atoms with E-state index in [4.69, 9.17) is 0 Å². The van der Waals surface area contributed by atoms with Crippen LogP contribution in [0.15, 0.2) is 30.3 Å². The summed E-state index contributed by atoms with van der Waals surface area (Å²) in [5.74, 6) is 2.20. The fourth-order valence-corrected chi connectivity index (χ4v) is 3.86. The highest BCUT2D eigenvalue weighted by Gasteiger charge is 2.28. The zero-order valence-electron chi connectivity index (χ0n) is 14.3. The molecular weight excluding hydrogens is 284 g/mol. The van der Waals surface area contributed by atoms with Gasteiger partial charge < -0.3 is 10.2 Å². The number of nitrogens with one attached hydrogen (secondary N) is 1. The number of carbonyl (C=O) groups excluding carboxylic acids is 1. The van der Waals surface area contributed by atoms with Crippen LogP contribution in [0.1, 0.15) is 45.4 Å². The summed E-state index contributed by atoms with van der Waals surface area (Å²) in [5, 5.41) is 3.42. The average Bonchev–Trinajstić information content (AvgIpc) is 2.55. The quantitative estimate of drug-likeness (QED) is 0.865. The Bertz CT molecular complexity index is 492. The maximum Gasteiger partial charge on any atom is 0.227 e. The van der Waals surface area contributed by atoms with Gasteiger partial charge in [-0.2, -0.15) is 0 Å². The Kier molecular flexibility index (Phi) is 5.71. The van der Waals surface area contributed by atoms with E-state index in [1.165, 1.54) is 32.1 Å². The summed E-state index contributed by atoms with van der Waals surface area (Å²) in [6, 6.07) is 10.2. The van der Waals surface area contributed by atoms with E-state index in [-0.39, 0.29) is 0 Å². The summed E-state index contributed by atoms with van der Waals surface area (Å²) in [6.07, 6.45) is 6.99. The van der Waals surface area contributed by atoms with E-state index in [0.717, 1.165) is 25.3 Å². The summed E-state index contributed by atoms with van der Waals surface area (Å²) in [7, 11) is 0. The molecule has 0 radical (unpaired) electrons. The van der Waals surface area contributed by atoms with Gasteiger partial charge in [-0.25, -0.2) is 0 Å². The summed E-state index contributed by atoms with van der Waals surface area (Å²) in [5.41, 5.74) is 1.07. The number of amides is 1. The van der Waals surface area contributed by atoms with E-state index in [1.54, 1.807) is 0 Å². The van der Waals surface area contributed by atoms with Crippen LogP contribution in [0.3, 0.4) is 0 Å². The minimum absolute atomic E-state index is 0.314. The number of carbonyl (C=O) groups is 1. The van der Waals surface area contributed by atoms with Crippen molar-refractivity contribution in [2.24, 2.45) is 17.8 Å². The van der Waals surface area contributed by atoms with Crippen molar-refractivity contribution in [1.29, 1.82) is 0 Å². The van der Waals surface area contributed by atoms with Gasteiger partial charge in [0.05, 0.1) is 0 Å². The molecule has 1 heterocycles. The van der Waals surface area contributed by atoms with E-state index in [9.17, 15) is 4.79 Å². The maximum atomic E-state index is 13.0. The Hall–Kier alpha value is -1.35. The van der Waals surface area contributed by atoms with E-state index >= 15 is 0 Å². The monoisotopic (exact) mass is 314 g/mol. The Morgan fingerprint density at radius 3 is 2.48 bits per heavy atom. The molecule has 1 aliphatic heterocycles. The number of anilines is 1. The molecule has 1 aromatic rings. The van der Waals surface area contributed by atoms with Crippen LogP contribution < -0.4 is 10.2 Å². The standard InChI is InChI=1S/C20H30N2O/c1-16(18-10-12-21-13-11-18)14-20(23)22(15-17-6-5-7-17)19-8-3-2-4-9-19/h2-4,8-9,16-18,21H,5-7,10-15H2,1H3. The highest BCUT2D eigenvalue weighted by Crippen LogP contribution is 2.31. The van der Waals surface area contributed by atoms with E-state index in [0.29, 0.717) is 30.1 Å². The molecule has 23 heavy (non-hydrogen) atoms. The molecule has 1 amide bonds. The summed E-state index contributed by atoms with van der Waals surface area (Å²) in [4.78, 5) is 15.0. The molecule has 3 rings (SSSR count). The van der Waals surface area contributed by atoms with Crippen molar-refractivity contribution in [2.45, 2.75) is 45.4 Å². The molecule has 126 valence electrons. The second-order valence-corrected chi connectivity index (χ2v) is 7.41. The van der Waals surface area contributed by atoms with Crippen molar-refractivity contribution in [2.75, 3.05) is 24.5 Å². The van der Waals surface area contributed by atoms with Crippen LogP contribution >= 0.6 is 0 Å². The number of nitrogens with zero attached hydrogens (tertiary/aromatic N) is 1. The van der Waals surface area contributed by atoms with E-state index < -0.39 is 0 Å². The molecule has 3 heteroatoms. The molecule has 0 aromatic heterocycles. The second-order valence-electron chi connectivity index (χ2n) is 7.41. The lowest BCUT2D eigenvalue weighted by molar-refractivity contribution is -0.120. The fraction of sp³-hybridized carbons (Fsp3) is 0.650. The topological polar surface area (TPSA) is 32.3 Å². The van der Waals surface area contributed by atoms with Gasteiger partial charge in [0.2, 0.25) is 5.91 Å². The fourth-order valence-electron chi connectivity index (χ4n) is 3.86. The largest absolute Gasteiger partial charge is 0.317 e. The minimum Gasteiger partial charge on any atom is -0.317 e. The number of benzene rings is 1. The predicted molar refractivity (Wildman–Crippen MR) is 95.5 cm³/mol. The molecule has 1 aromatic carbocycles.